The number of aliphatic imine (C=N–C) groups is 2. The number of hydrogen-bond acceptors (Lipinski definition) is 8. The van der Waals surface area contributed by atoms with Crippen molar-refractivity contribution in [1.82, 2.24) is 19.8 Å². The van der Waals surface area contributed by atoms with Gasteiger partial charge < -0.3 is 9.80 Å². The average Bonchev–Trinajstić information content (AvgIpc) is 2.88. The van der Waals surface area contributed by atoms with Crippen LogP contribution in [0.1, 0.15) is 25.7 Å². The van der Waals surface area contributed by atoms with E-state index in [1.54, 1.807) is 0 Å². The van der Waals surface area contributed by atoms with E-state index < -0.39 is 0 Å². The molecule has 0 bridgehead atoms. The first kappa shape index (κ1) is 19.5. The first-order chi connectivity index (χ1) is 15.9. The number of hydrogen-bond donors (Lipinski definition) is 0. The summed E-state index contributed by atoms with van der Waals surface area (Å²) in [6.07, 6.45) is 4.46. The van der Waals surface area contributed by atoms with Crippen LogP contribution in [0.2, 0.25) is 0 Å². The fraction of sp³-hybridized carbons (Fsp3) is 0.500. The molecule has 0 spiro atoms. The summed E-state index contributed by atoms with van der Waals surface area (Å²) in [5, 5.41) is 0. The molecule has 166 valence electrons. The third-order valence-corrected chi connectivity index (χ3v) is 6.64. The van der Waals surface area contributed by atoms with Crippen molar-refractivity contribution >= 4 is 23.7 Å². The maximum Gasteiger partial charge on any atom is 0.234 e. The van der Waals surface area contributed by atoms with E-state index in [1.165, 1.54) is 0 Å². The van der Waals surface area contributed by atoms with Gasteiger partial charge in [0.05, 0.1) is 5.69 Å². The quantitative estimate of drug-likeness (QED) is 0.746. The zero-order chi connectivity index (χ0) is 21.3. The van der Waals surface area contributed by atoms with Crippen molar-refractivity contribution in [2.45, 2.75) is 25.7 Å². The highest BCUT2D eigenvalue weighted by molar-refractivity contribution is 5.98. The van der Waals surface area contributed by atoms with E-state index in [0.29, 0.717) is 0 Å². The second-order valence-corrected chi connectivity index (χ2v) is 8.83. The van der Waals surface area contributed by atoms with Crippen LogP contribution in [0.25, 0.3) is 11.3 Å². The summed E-state index contributed by atoms with van der Waals surface area (Å²) in [4.78, 5) is 29.2. The Kier molecular flexibility index (Phi) is 5.13. The summed E-state index contributed by atoms with van der Waals surface area (Å²) < 4.78 is 0. The summed E-state index contributed by atoms with van der Waals surface area (Å²) >= 11 is 0. The molecule has 2 saturated heterocycles. The molecular formula is C24H30N8. The first-order valence-electron chi connectivity index (χ1n) is 12.0. The lowest BCUT2D eigenvalue weighted by molar-refractivity contribution is 0.358. The van der Waals surface area contributed by atoms with Gasteiger partial charge in [-0.05, 0) is 25.7 Å². The van der Waals surface area contributed by atoms with Crippen molar-refractivity contribution in [2.24, 2.45) is 9.98 Å². The molecular weight excluding hydrogens is 400 g/mol. The maximum absolute atomic E-state index is 5.11. The standard InChI is InChI=1S/C24H30N8/c1-2-8-19(9-3-1)20-18-21(31-16-6-14-29-12-4-10-25-23(29)31)28-22(27-20)32-17-7-15-30-13-5-11-26-24(30)32/h1-3,8-9,18H,4-7,10-17H2. The molecule has 2 aromatic rings. The normalized spacial score (nSPS) is 21.0. The fourth-order valence-corrected chi connectivity index (χ4v) is 5.10. The molecule has 0 N–H and O–H groups in total. The molecule has 4 aliphatic heterocycles. The number of guanidine groups is 2. The van der Waals surface area contributed by atoms with Gasteiger partial charge in [0.2, 0.25) is 17.9 Å². The molecule has 0 saturated carbocycles. The maximum atomic E-state index is 5.11. The average molecular weight is 431 g/mol. The third-order valence-electron chi connectivity index (χ3n) is 6.64. The SMILES string of the molecule is c1ccc(-c2cc(N3CCCN4CCCN=C43)nc(N3CCCN4CCCN=C43)n2)cc1. The van der Waals surface area contributed by atoms with Gasteiger partial charge in [0, 0.05) is 64.0 Å². The van der Waals surface area contributed by atoms with Gasteiger partial charge in [-0.1, -0.05) is 30.3 Å². The Hall–Kier alpha value is -3.16. The van der Waals surface area contributed by atoms with E-state index in [0.717, 1.165) is 113 Å². The van der Waals surface area contributed by atoms with Gasteiger partial charge in [-0.15, -0.1) is 0 Å². The Bertz CT molecular complexity index is 973. The van der Waals surface area contributed by atoms with E-state index in [1.807, 2.05) is 6.07 Å². The molecule has 5 heterocycles. The lowest BCUT2D eigenvalue weighted by atomic mass is 10.1. The van der Waals surface area contributed by atoms with Gasteiger partial charge in [0.15, 0.2) is 0 Å². The highest BCUT2D eigenvalue weighted by Gasteiger charge is 2.31. The third kappa shape index (κ3) is 3.57. The van der Waals surface area contributed by atoms with E-state index in [2.05, 4.69) is 49.9 Å². The zero-order valence-corrected chi connectivity index (χ0v) is 18.5. The topological polar surface area (TPSA) is 63.5 Å². The molecule has 32 heavy (non-hydrogen) atoms. The summed E-state index contributed by atoms with van der Waals surface area (Å²) in [7, 11) is 0. The molecule has 2 fully saturated rings. The van der Waals surface area contributed by atoms with E-state index >= 15 is 0 Å². The molecule has 0 aliphatic carbocycles. The van der Waals surface area contributed by atoms with Gasteiger partial charge in [-0.2, -0.15) is 4.98 Å². The number of nitrogens with zero attached hydrogens (tertiary/aromatic N) is 8. The largest absolute Gasteiger partial charge is 0.342 e. The Labute approximate surface area is 189 Å². The molecule has 1 aromatic carbocycles. The monoisotopic (exact) mass is 430 g/mol. The van der Waals surface area contributed by atoms with Crippen LogP contribution in [0.4, 0.5) is 11.8 Å². The Morgan fingerprint density at radius 3 is 1.97 bits per heavy atom. The zero-order valence-electron chi connectivity index (χ0n) is 18.5. The van der Waals surface area contributed by atoms with Crippen LogP contribution in [0.3, 0.4) is 0 Å². The van der Waals surface area contributed by atoms with E-state index in [9.17, 15) is 0 Å². The van der Waals surface area contributed by atoms with Crippen LogP contribution >= 0.6 is 0 Å². The van der Waals surface area contributed by atoms with Gasteiger partial charge in [-0.3, -0.25) is 19.8 Å². The highest BCUT2D eigenvalue weighted by atomic mass is 15.5. The minimum absolute atomic E-state index is 0.750. The van der Waals surface area contributed by atoms with E-state index in [-0.39, 0.29) is 0 Å². The summed E-state index contributed by atoms with van der Waals surface area (Å²) in [6.45, 7) is 7.91. The van der Waals surface area contributed by atoms with Crippen LogP contribution in [-0.4, -0.2) is 84.0 Å². The summed E-state index contributed by atoms with van der Waals surface area (Å²) in [5.41, 5.74) is 2.06. The van der Waals surface area contributed by atoms with Gasteiger partial charge in [0.25, 0.3) is 0 Å². The Morgan fingerprint density at radius 1 is 0.625 bits per heavy atom. The first-order valence-corrected chi connectivity index (χ1v) is 12.0. The van der Waals surface area contributed by atoms with Crippen molar-refractivity contribution in [3.63, 3.8) is 0 Å². The van der Waals surface area contributed by atoms with Crippen molar-refractivity contribution in [3.05, 3.63) is 36.4 Å². The molecule has 4 aliphatic rings. The van der Waals surface area contributed by atoms with Gasteiger partial charge >= 0.3 is 0 Å². The predicted molar refractivity (Wildman–Crippen MR) is 128 cm³/mol. The van der Waals surface area contributed by atoms with Crippen molar-refractivity contribution in [3.8, 4) is 11.3 Å². The molecule has 0 radical (unpaired) electrons. The van der Waals surface area contributed by atoms with Crippen molar-refractivity contribution in [2.75, 3.05) is 62.2 Å². The van der Waals surface area contributed by atoms with Crippen molar-refractivity contribution < 1.29 is 0 Å². The summed E-state index contributed by atoms with van der Waals surface area (Å²) in [5.74, 6) is 3.79. The Morgan fingerprint density at radius 2 is 1.25 bits per heavy atom. The minimum atomic E-state index is 0.750. The number of anilines is 2. The Balaban J connectivity index is 1.45. The van der Waals surface area contributed by atoms with Crippen LogP contribution in [0.15, 0.2) is 46.4 Å². The van der Waals surface area contributed by atoms with Crippen LogP contribution in [0.5, 0.6) is 0 Å². The number of benzene rings is 1. The molecule has 0 unspecified atom stereocenters. The lowest BCUT2D eigenvalue weighted by Gasteiger charge is -2.41. The number of aromatic nitrogens is 2. The molecule has 6 rings (SSSR count). The second kappa shape index (κ2) is 8.41. The fourth-order valence-electron chi connectivity index (χ4n) is 5.10. The highest BCUT2D eigenvalue weighted by Crippen LogP contribution is 2.29. The molecule has 0 amide bonds. The molecule has 0 atom stereocenters. The second-order valence-electron chi connectivity index (χ2n) is 8.83. The number of rotatable bonds is 3. The van der Waals surface area contributed by atoms with Crippen LogP contribution in [0, 0.1) is 0 Å². The summed E-state index contributed by atoms with van der Waals surface area (Å²) in [6, 6.07) is 12.6. The van der Waals surface area contributed by atoms with Gasteiger partial charge in [-0.25, -0.2) is 4.98 Å². The lowest BCUT2D eigenvalue weighted by Crippen LogP contribution is -2.54. The van der Waals surface area contributed by atoms with Crippen molar-refractivity contribution in [1.29, 1.82) is 0 Å². The van der Waals surface area contributed by atoms with E-state index in [4.69, 9.17) is 20.0 Å². The molecule has 8 heteroatoms. The molecule has 1 aromatic heterocycles. The van der Waals surface area contributed by atoms with Crippen LogP contribution < -0.4 is 9.80 Å². The predicted octanol–water partition coefficient (Wildman–Crippen LogP) is 2.69. The smallest absolute Gasteiger partial charge is 0.234 e. The van der Waals surface area contributed by atoms with Gasteiger partial charge in [0.1, 0.15) is 5.82 Å². The molecule has 8 nitrogen and oxygen atoms in total. The van der Waals surface area contributed by atoms with Crippen LogP contribution in [-0.2, 0) is 0 Å². The minimum Gasteiger partial charge on any atom is -0.342 e. The number of fused-ring (bicyclic) bond motifs is 2.